The molecule has 114 valence electrons. The summed E-state index contributed by atoms with van der Waals surface area (Å²) in [6, 6.07) is 5.04. The van der Waals surface area contributed by atoms with E-state index in [2.05, 4.69) is 4.90 Å². The average Bonchev–Trinajstić information content (AvgIpc) is 2.45. The monoisotopic (exact) mass is 294 g/mol. The standard InChI is InChI=1S/C14H18N2O5/c1-10-6-11(8-12(7-10)16(19)20)15-4-2-13(3-5-15)21-9-14(17)18/h6-8,13H,2-5,9H2,1H3,(H,17,18). The number of hydrogen-bond acceptors (Lipinski definition) is 5. The summed E-state index contributed by atoms with van der Waals surface area (Å²) >= 11 is 0. The summed E-state index contributed by atoms with van der Waals surface area (Å²) in [7, 11) is 0. The van der Waals surface area contributed by atoms with Crippen molar-refractivity contribution in [1.29, 1.82) is 0 Å². The van der Waals surface area contributed by atoms with E-state index in [9.17, 15) is 14.9 Å². The summed E-state index contributed by atoms with van der Waals surface area (Å²) in [6.07, 6.45) is 1.38. The molecule has 0 unspecified atom stereocenters. The van der Waals surface area contributed by atoms with Gasteiger partial charge in [-0.3, -0.25) is 10.1 Å². The van der Waals surface area contributed by atoms with Crippen LogP contribution >= 0.6 is 0 Å². The van der Waals surface area contributed by atoms with Gasteiger partial charge in [0, 0.05) is 30.9 Å². The Balaban J connectivity index is 1.99. The number of aliphatic carboxylic acids is 1. The van der Waals surface area contributed by atoms with Gasteiger partial charge in [-0.2, -0.15) is 0 Å². The topological polar surface area (TPSA) is 92.9 Å². The molecule has 0 saturated carbocycles. The number of hydrogen-bond donors (Lipinski definition) is 1. The third-order valence-corrected chi connectivity index (χ3v) is 3.51. The number of anilines is 1. The van der Waals surface area contributed by atoms with E-state index in [1.807, 2.05) is 13.0 Å². The Labute approximate surface area is 122 Å². The highest BCUT2D eigenvalue weighted by Crippen LogP contribution is 2.26. The molecule has 1 N–H and O–H groups in total. The molecule has 0 radical (unpaired) electrons. The molecule has 1 heterocycles. The molecule has 1 saturated heterocycles. The van der Waals surface area contributed by atoms with Gasteiger partial charge >= 0.3 is 5.97 Å². The molecule has 0 bridgehead atoms. The predicted octanol–water partition coefficient (Wildman–Crippen LogP) is 1.97. The molecule has 1 fully saturated rings. The molecule has 0 aliphatic carbocycles. The molecule has 7 heteroatoms. The molecular weight excluding hydrogens is 276 g/mol. The molecule has 0 aromatic heterocycles. The van der Waals surface area contributed by atoms with Crippen molar-refractivity contribution in [3.8, 4) is 0 Å². The van der Waals surface area contributed by atoms with Crippen LogP contribution in [-0.4, -0.2) is 41.8 Å². The van der Waals surface area contributed by atoms with E-state index in [0.717, 1.165) is 24.1 Å². The SMILES string of the molecule is Cc1cc(N2CCC(OCC(=O)O)CC2)cc([N+](=O)[O-])c1. The van der Waals surface area contributed by atoms with E-state index in [-0.39, 0.29) is 23.3 Å². The lowest BCUT2D eigenvalue weighted by atomic mass is 10.1. The fraction of sp³-hybridized carbons (Fsp3) is 0.500. The minimum atomic E-state index is -0.966. The minimum absolute atomic E-state index is 0.0582. The van der Waals surface area contributed by atoms with Gasteiger partial charge in [-0.25, -0.2) is 4.79 Å². The van der Waals surface area contributed by atoms with E-state index in [1.54, 1.807) is 12.1 Å². The van der Waals surface area contributed by atoms with Crippen molar-refractivity contribution in [1.82, 2.24) is 0 Å². The number of carboxylic acids is 1. The highest BCUT2D eigenvalue weighted by molar-refractivity contribution is 5.68. The van der Waals surface area contributed by atoms with Crippen LogP contribution in [0.1, 0.15) is 18.4 Å². The van der Waals surface area contributed by atoms with Gasteiger partial charge in [-0.05, 0) is 31.4 Å². The second kappa shape index (κ2) is 6.53. The first kappa shape index (κ1) is 15.2. The highest BCUT2D eigenvalue weighted by atomic mass is 16.6. The van der Waals surface area contributed by atoms with Crippen molar-refractivity contribution in [2.24, 2.45) is 0 Å². The molecule has 1 aromatic rings. The quantitative estimate of drug-likeness (QED) is 0.659. The number of ether oxygens (including phenoxy) is 1. The number of carbonyl (C=O) groups is 1. The zero-order valence-electron chi connectivity index (χ0n) is 11.8. The lowest BCUT2D eigenvalue weighted by Gasteiger charge is -2.33. The van der Waals surface area contributed by atoms with E-state index in [1.165, 1.54) is 0 Å². The summed E-state index contributed by atoms with van der Waals surface area (Å²) in [5.41, 5.74) is 1.77. The number of non-ortho nitro benzene ring substituents is 1. The first-order valence-electron chi connectivity index (χ1n) is 6.80. The Hall–Kier alpha value is -2.15. The molecule has 7 nitrogen and oxygen atoms in total. The molecule has 0 atom stereocenters. The first-order chi connectivity index (χ1) is 9.95. The van der Waals surface area contributed by atoms with Crippen LogP contribution < -0.4 is 4.90 Å². The third-order valence-electron chi connectivity index (χ3n) is 3.51. The molecule has 0 spiro atoms. The second-order valence-corrected chi connectivity index (χ2v) is 5.18. The maximum Gasteiger partial charge on any atom is 0.329 e. The van der Waals surface area contributed by atoms with Gasteiger partial charge in [-0.1, -0.05) is 0 Å². The lowest BCUT2D eigenvalue weighted by molar-refractivity contribution is -0.384. The molecule has 2 rings (SSSR count). The average molecular weight is 294 g/mol. The molecular formula is C14H18N2O5. The largest absolute Gasteiger partial charge is 0.480 e. The van der Waals surface area contributed by atoms with Crippen LogP contribution in [0, 0.1) is 17.0 Å². The van der Waals surface area contributed by atoms with Crippen molar-refractivity contribution in [3.05, 3.63) is 33.9 Å². The molecule has 1 aliphatic rings. The highest BCUT2D eigenvalue weighted by Gasteiger charge is 2.22. The van der Waals surface area contributed by atoms with Crippen LogP contribution in [0.2, 0.25) is 0 Å². The number of piperidine rings is 1. The van der Waals surface area contributed by atoms with Gasteiger partial charge in [0.2, 0.25) is 0 Å². The van der Waals surface area contributed by atoms with Gasteiger partial charge < -0.3 is 14.7 Å². The van der Waals surface area contributed by atoms with Gasteiger partial charge in [0.15, 0.2) is 0 Å². The zero-order valence-corrected chi connectivity index (χ0v) is 11.8. The van der Waals surface area contributed by atoms with Crippen LogP contribution in [0.3, 0.4) is 0 Å². The molecule has 0 amide bonds. The summed E-state index contributed by atoms with van der Waals surface area (Å²) in [5, 5.41) is 19.5. The number of benzene rings is 1. The van der Waals surface area contributed by atoms with Crippen molar-refractivity contribution in [2.75, 3.05) is 24.6 Å². The summed E-state index contributed by atoms with van der Waals surface area (Å²) in [4.78, 5) is 23.0. The maximum atomic E-state index is 10.9. The van der Waals surface area contributed by atoms with Gasteiger partial charge in [0.1, 0.15) is 6.61 Å². The number of nitro benzene ring substituents is 1. The second-order valence-electron chi connectivity index (χ2n) is 5.18. The maximum absolute atomic E-state index is 10.9. The normalized spacial score (nSPS) is 16.0. The van der Waals surface area contributed by atoms with E-state index < -0.39 is 5.97 Å². The van der Waals surface area contributed by atoms with Crippen LogP contribution in [0.25, 0.3) is 0 Å². The van der Waals surface area contributed by atoms with Crippen molar-refractivity contribution >= 4 is 17.3 Å². The van der Waals surface area contributed by atoms with Gasteiger partial charge in [-0.15, -0.1) is 0 Å². The first-order valence-corrected chi connectivity index (χ1v) is 6.80. The lowest BCUT2D eigenvalue weighted by Crippen LogP contribution is -2.37. The number of aryl methyl sites for hydroxylation is 1. The summed E-state index contributed by atoms with van der Waals surface area (Å²) < 4.78 is 5.28. The van der Waals surface area contributed by atoms with Crippen molar-refractivity contribution in [3.63, 3.8) is 0 Å². The Morgan fingerprint density at radius 1 is 1.43 bits per heavy atom. The molecule has 1 aromatic carbocycles. The summed E-state index contributed by atoms with van der Waals surface area (Å²) in [5.74, 6) is -0.966. The fourth-order valence-corrected chi connectivity index (χ4v) is 2.50. The van der Waals surface area contributed by atoms with Gasteiger partial charge in [0.25, 0.3) is 5.69 Å². The number of nitro groups is 1. The van der Waals surface area contributed by atoms with Crippen LogP contribution in [0.4, 0.5) is 11.4 Å². The van der Waals surface area contributed by atoms with Crippen molar-refractivity contribution < 1.29 is 19.6 Å². The Kier molecular flexibility index (Phi) is 4.74. The number of carboxylic acid groups (broad SMARTS) is 1. The van der Waals surface area contributed by atoms with E-state index in [4.69, 9.17) is 9.84 Å². The Morgan fingerprint density at radius 3 is 2.67 bits per heavy atom. The third kappa shape index (κ3) is 4.16. The molecule has 1 aliphatic heterocycles. The van der Waals surface area contributed by atoms with E-state index >= 15 is 0 Å². The van der Waals surface area contributed by atoms with E-state index in [0.29, 0.717) is 13.1 Å². The Morgan fingerprint density at radius 2 is 2.10 bits per heavy atom. The van der Waals surface area contributed by atoms with Crippen LogP contribution in [0.5, 0.6) is 0 Å². The van der Waals surface area contributed by atoms with Crippen LogP contribution in [0.15, 0.2) is 18.2 Å². The minimum Gasteiger partial charge on any atom is -0.480 e. The van der Waals surface area contributed by atoms with Crippen LogP contribution in [-0.2, 0) is 9.53 Å². The fourth-order valence-electron chi connectivity index (χ4n) is 2.50. The smallest absolute Gasteiger partial charge is 0.329 e. The van der Waals surface area contributed by atoms with Crippen molar-refractivity contribution in [2.45, 2.75) is 25.9 Å². The zero-order chi connectivity index (χ0) is 15.4. The summed E-state index contributed by atoms with van der Waals surface area (Å²) in [6.45, 7) is 2.95. The Bertz CT molecular complexity index is 538. The number of nitrogens with zero attached hydrogens (tertiary/aromatic N) is 2. The van der Waals surface area contributed by atoms with Gasteiger partial charge in [0.05, 0.1) is 11.0 Å². The molecule has 21 heavy (non-hydrogen) atoms. The predicted molar refractivity (Wildman–Crippen MR) is 76.7 cm³/mol. The number of rotatable bonds is 5.